The zero-order chi connectivity index (χ0) is 15.3. The van der Waals surface area contributed by atoms with Gasteiger partial charge in [-0.05, 0) is 18.8 Å². The molecule has 1 saturated heterocycles. The number of carbonyl (C=O) groups is 2. The fourth-order valence-corrected chi connectivity index (χ4v) is 2.54. The summed E-state index contributed by atoms with van der Waals surface area (Å²) in [5, 5.41) is 14.6. The van der Waals surface area contributed by atoms with Gasteiger partial charge < -0.3 is 21.2 Å². The van der Waals surface area contributed by atoms with Crippen LogP contribution in [0.15, 0.2) is 5.16 Å². The summed E-state index contributed by atoms with van der Waals surface area (Å²) in [7, 11) is 0. The van der Waals surface area contributed by atoms with Gasteiger partial charge in [-0.1, -0.05) is 19.0 Å². The molecule has 0 spiro atoms. The van der Waals surface area contributed by atoms with Crippen molar-refractivity contribution in [3.05, 3.63) is 0 Å². The Morgan fingerprint density at radius 1 is 1.35 bits per heavy atom. The second-order valence-electron chi connectivity index (χ2n) is 5.55. The van der Waals surface area contributed by atoms with Crippen molar-refractivity contribution >= 4 is 17.6 Å². The molecule has 1 atom stereocenters. The van der Waals surface area contributed by atoms with Crippen molar-refractivity contribution in [3.63, 3.8) is 0 Å². The van der Waals surface area contributed by atoms with Crippen LogP contribution in [-0.4, -0.2) is 46.9 Å². The van der Waals surface area contributed by atoms with Crippen LogP contribution in [-0.2, 0) is 9.59 Å². The van der Waals surface area contributed by atoms with E-state index < -0.39 is 5.92 Å². The lowest BCUT2D eigenvalue weighted by Crippen LogP contribution is -2.50. The third-order valence-corrected chi connectivity index (χ3v) is 3.58. The first-order valence-corrected chi connectivity index (χ1v) is 6.90. The predicted octanol–water partition coefficient (Wildman–Crippen LogP) is 0.132. The van der Waals surface area contributed by atoms with Crippen LogP contribution < -0.4 is 11.1 Å². The quantitative estimate of drug-likeness (QED) is 0.295. The highest BCUT2D eigenvalue weighted by Crippen LogP contribution is 2.18. The van der Waals surface area contributed by atoms with Crippen LogP contribution in [0.3, 0.4) is 0 Å². The molecule has 0 aromatic rings. The minimum Gasteiger partial charge on any atom is -0.409 e. The molecule has 20 heavy (non-hydrogen) atoms. The van der Waals surface area contributed by atoms with Crippen molar-refractivity contribution in [2.45, 2.75) is 39.7 Å². The van der Waals surface area contributed by atoms with Gasteiger partial charge in [-0.3, -0.25) is 9.59 Å². The SMILES string of the molecule is CC(=O)NC1CCN(C(=O)C(C(N)=NO)C(C)C)CC1. The molecule has 2 amide bonds. The highest BCUT2D eigenvalue weighted by atomic mass is 16.4. The van der Waals surface area contributed by atoms with E-state index in [0.29, 0.717) is 13.1 Å². The first kappa shape index (κ1) is 16.3. The van der Waals surface area contributed by atoms with Gasteiger partial charge in [0.25, 0.3) is 0 Å². The zero-order valence-electron chi connectivity index (χ0n) is 12.3. The van der Waals surface area contributed by atoms with Gasteiger partial charge in [0.15, 0.2) is 5.84 Å². The number of rotatable bonds is 4. The molecule has 0 saturated carbocycles. The van der Waals surface area contributed by atoms with E-state index in [1.807, 2.05) is 13.8 Å². The summed E-state index contributed by atoms with van der Waals surface area (Å²) >= 11 is 0. The fourth-order valence-electron chi connectivity index (χ4n) is 2.54. The molecule has 1 rings (SSSR count). The molecular formula is C13H24N4O3. The van der Waals surface area contributed by atoms with Gasteiger partial charge in [0, 0.05) is 26.1 Å². The van der Waals surface area contributed by atoms with Crippen molar-refractivity contribution < 1.29 is 14.8 Å². The highest BCUT2D eigenvalue weighted by molar-refractivity contribution is 6.02. The van der Waals surface area contributed by atoms with Crippen molar-refractivity contribution in [1.29, 1.82) is 0 Å². The third kappa shape index (κ3) is 4.11. The summed E-state index contributed by atoms with van der Waals surface area (Å²) in [6.45, 7) is 6.37. The van der Waals surface area contributed by atoms with Crippen LogP contribution >= 0.6 is 0 Å². The van der Waals surface area contributed by atoms with Crippen molar-refractivity contribution in [2.24, 2.45) is 22.7 Å². The van der Waals surface area contributed by atoms with Crippen molar-refractivity contribution in [1.82, 2.24) is 10.2 Å². The number of amidine groups is 1. The van der Waals surface area contributed by atoms with Gasteiger partial charge in [-0.15, -0.1) is 0 Å². The third-order valence-electron chi connectivity index (χ3n) is 3.58. The molecule has 4 N–H and O–H groups in total. The van der Waals surface area contributed by atoms with Crippen LogP contribution in [0, 0.1) is 11.8 Å². The largest absolute Gasteiger partial charge is 0.409 e. The topological polar surface area (TPSA) is 108 Å². The minimum absolute atomic E-state index is 0.0357. The molecule has 0 aromatic heterocycles. The minimum atomic E-state index is -0.600. The summed E-state index contributed by atoms with van der Waals surface area (Å²) in [5.74, 6) is -0.846. The predicted molar refractivity (Wildman–Crippen MR) is 75.2 cm³/mol. The molecule has 0 aromatic carbocycles. The molecule has 1 fully saturated rings. The Kier molecular flexibility index (Phi) is 5.79. The van der Waals surface area contributed by atoms with Crippen LogP contribution in [0.25, 0.3) is 0 Å². The van der Waals surface area contributed by atoms with E-state index in [0.717, 1.165) is 12.8 Å². The second-order valence-corrected chi connectivity index (χ2v) is 5.55. The Labute approximate surface area is 119 Å². The first-order valence-electron chi connectivity index (χ1n) is 6.90. The number of likely N-dealkylation sites (tertiary alicyclic amines) is 1. The van der Waals surface area contributed by atoms with E-state index >= 15 is 0 Å². The molecule has 114 valence electrons. The van der Waals surface area contributed by atoms with Gasteiger partial charge in [-0.2, -0.15) is 0 Å². The summed E-state index contributed by atoms with van der Waals surface area (Å²) in [4.78, 5) is 25.2. The highest BCUT2D eigenvalue weighted by Gasteiger charge is 2.32. The average Bonchev–Trinajstić information content (AvgIpc) is 2.38. The van der Waals surface area contributed by atoms with Gasteiger partial charge in [-0.25, -0.2) is 0 Å². The summed E-state index contributed by atoms with van der Waals surface area (Å²) < 4.78 is 0. The Morgan fingerprint density at radius 3 is 2.30 bits per heavy atom. The maximum atomic E-state index is 12.4. The molecule has 0 radical (unpaired) electrons. The van der Waals surface area contributed by atoms with Gasteiger partial charge in [0.2, 0.25) is 11.8 Å². The Bertz CT molecular complexity index is 387. The van der Waals surface area contributed by atoms with Crippen LogP contribution in [0.5, 0.6) is 0 Å². The molecular weight excluding hydrogens is 260 g/mol. The lowest BCUT2D eigenvalue weighted by Gasteiger charge is -2.35. The maximum absolute atomic E-state index is 12.4. The molecule has 7 heteroatoms. The number of carbonyl (C=O) groups excluding carboxylic acids is 2. The van der Waals surface area contributed by atoms with Crippen molar-refractivity contribution in [2.75, 3.05) is 13.1 Å². The molecule has 7 nitrogen and oxygen atoms in total. The van der Waals surface area contributed by atoms with Gasteiger partial charge in [0.1, 0.15) is 5.92 Å². The summed E-state index contributed by atoms with van der Waals surface area (Å²) in [6, 6.07) is 0.123. The monoisotopic (exact) mass is 284 g/mol. The zero-order valence-corrected chi connectivity index (χ0v) is 12.3. The summed E-state index contributed by atoms with van der Waals surface area (Å²) in [5.41, 5.74) is 5.61. The molecule has 1 unspecified atom stereocenters. The lowest BCUT2D eigenvalue weighted by atomic mass is 9.92. The van der Waals surface area contributed by atoms with E-state index in [-0.39, 0.29) is 29.6 Å². The van der Waals surface area contributed by atoms with E-state index in [4.69, 9.17) is 10.9 Å². The number of piperidine rings is 1. The Morgan fingerprint density at radius 2 is 1.90 bits per heavy atom. The number of oxime groups is 1. The van der Waals surface area contributed by atoms with Gasteiger partial charge in [0.05, 0.1) is 0 Å². The molecule has 0 aliphatic carbocycles. The van der Waals surface area contributed by atoms with E-state index in [1.54, 1.807) is 4.90 Å². The van der Waals surface area contributed by atoms with Crippen LogP contribution in [0.2, 0.25) is 0 Å². The van der Waals surface area contributed by atoms with Crippen molar-refractivity contribution in [3.8, 4) is 0 Å². The molecule has 1 aliphatic rings. The van der Waals surface area contributed by atoms with Gasteiger partial charge >= 0.3 is 0 Å². The number of amides is 2. The summed E-state index contributed by atoms with van der Waals surface area (Å²) in [6.07, 6.45) is 1.46. The smallest absolute Gasteiger partial charge is 0.233 e. The van der Waals surface area contributed by atoms with E-state index in [1.165, 1.54) is 6.92 Å². The second kappa shape index (κ2) is 7.12. The number of hydrogen-bond acceptors (Lipinski definition) is 4. The fraction of sp³-hybridized carbons (Fsp3) is 0.769. The average molecular weight is 284 g/mol. The normalized spacial score (nSPS) is 19.0. The number of nitrogens with one attached hydrogen (secondary N) is 1. The Hall–Kier alpha value is -1.79. The molecule has 1 heterocycles. The van der Waals surface area contributed by atoms with Crippen LogP contribution in [0.4, 0.5) is 0 Å². The Balaban J connectivity index is 2.63. The van der Waals surface area contributed by atoms with E-state index in [9.17, 15) is 9.59 Å². The van der Waals surface area contributed by atoms with E-state index in [2.05, 4.69) is 10.5 Å². The molecule has 0 bridgehead atoms. The standard InChI is InChI=1S/C13H24N4O3/c1-8(2)11(12(14)16-20)13(19)17-6-4-10(5-7-17)15-9(3)18/h8,10-11,20H,4-7H2,1-3H3,(H2,14,16)(H,15,18). The lowest BCUT2D eigenvalue weighted by molar-refractivity contribution is -0.135. The maximum Gasteiger partial charge on any atom is 0.233 e. The number of hydrogen-bond donors (Lipinski definition) is 3. The van der Waals surface area contributed by atoms with Crippen LogP contribution in [0.1, 0.15) is 33.6 Å². The number of nitrogens with zero attached hydrogens (tertiary/aromatic N) is 2. The first-order chi connectivity index (χ1) is 9.36. The molecule has 1 aliphatic heterocycles. The number of nitrogens with two attached hydrogens (primary N) is 1.